The molecular weight excluding hydrogens is 308 g/mol. The third-order valence-electron chi connectivity index (χ3n) is 4.25. The van der Waals surface area contributed by atoms with Gasteiger partial charge in [0.15, 0.2) is 0 Å². The normalized spacial score (nSPS) is 16.0. The number of benzene rings is 1. The smallest absolute Gasteiger partial charge is 0.317 e. The SMILES string of the molecule is O=C(O)CN1CCC(CNCCC(=O)OCc2ccccc2)CC1. The first-order valence-electron chi connectivity index (χ1n) is 8.48. The lowest BCUT2D eigenvalue weighted by molar-refractivity contribution is -0.144. The summed E-state index contributed by atoms with van der Waals surface area (Å²) in [6.07, 6.45) is 2.36. The van der Waals surface area contributed by atoms with Gasteiger partial charge in [0, 0.05) is 6.54 Å². The molecule has 2 N–H and O–H groups in total. The Morgan fingerprint density at radius 2 is 1.92 bits per heavy atom. The minimum atomic E-state index is -0.763. The van der Waals surface area contributed by atoms with E-state index in [1.54, 1.807) is 0 Å². The number of carbonyl (C=O) groups excluding carboxylic acids is 1. The molecule has 0 radical (unpaired) electrons. The van der Waals surface area contributed by atoms with Crippen molar-refractivity contribution < 1.29 is 19.4 Å². The number of likely N-dealkylation sites (tertiary alicyclic amines) is 1. The average Bonchev–Trinajstić information content (AvgIpc) is 2.59. The number of carboxylic acids is 1. The summed E-state index contributed by atoms with van der Waals surface area (Å²) in [4.78, 5) is 24.3. The topological polar surface area (TPSA) is 78.9 Å². The Hall–Kier alpha value is -1.92. The maximum Gasteiger partial charge on any atom is 0.317 e. The first-order valence-corrected chi connectivity index (χ1v) is 8.48. The lowest BCUT2D eigenvalue weighted by atomic mass is 9.97. The van der Waals surface area contributed by atoms with Crippen molar-refractivity contribution in [3.63, 3.8) is 0 Å². The summed E-state index contributed by atoms with van der Waals surface area (Å²) in [5.74, 6) is -0.404. The number of piperidine rings is 1. The molecule has 0 unspecified atom stereocenters. The molecule has 6 nitrogen and oxygen atoms in total. The molecule has 132 valence electrons. The van der Waals surface area contributed by atoms with E-state index >= 15 is 0 Å². The fourth-order valence-corrected chi connectivity index (χ4v) is 2.85. The van der Waals surface area contributed by atoms with Crippen LogP contribution in [0.4, 0.5) is 0 Å². The second-order valence-electron chi connectivity index (χ2n) is 6.21. The van der Waals surface area contributed by atoms with E-state index < -0.39 is 5.97 Å². The van der Waals surface area contributed by atoms with Crippen molar-refractivity contribution in [2.45, 2.75) is 25.9 Å². The third-order valence-corrected chi connectivity index (χ3v) is 4.25. The number of nitrogens with one attached hydrogen (secondary N) is 1. The van der Waals surface area contributed by atoms with Crippen molar-refractivity contribution in [3.05, 3.63) is 35.9 Å². The molecule has 1 aromatic carbocycles. The first kappa shape index (κ1) is 18.4. The third kappa shape index (κ3) is 7.10. The van der Waals surface area contributed by atoms with E-state index in [0.717, 1.165) is 38.0 Å². The molecule has 0 aliphatic carbocycles. The average molecular weight is 334 g/mol. The van der Waals surface area contributed by atoms with Gasteiger partial charge in [-0.15, -0.1) is 0 Å². The minimum absolute atomic E-state index is 0.132. The van der Waals surface area contributed by atoms with Gasteiger partial charge in [-0.1, -0.05) is 30.3 Å². The van der Waals surface area contributed by atoms with Crippen LogP contribution in [0, 0.1) is 5.92 Å². The largest absolute Gasteiger partial charge is 0.480 e. The highest BCUT2D eigenvalue weighted by atomic mass is 16.5. The second-order valence-corrected chi connectivity index (χ2v) is 6.21. The molecule has 1 saturated heterocycles. The van der Waals surface area contributed by atoms with Crippen LogP contribution in [0.15, 0.2) is 30.3 Å². The number of carboxylic acid groups (broad SMARTS) is 1. The maximum absolute atomic E-state index is 11.7. The summed E-state index contributed by atoms with van der Waals surface area (Å²) < 4.78 is 5.23. The van der Waals surface area contributed by atoms with Crippen molar-refractivity contribution >= 4 is 11.9 Å². The first-order chi connectivity index (χ1) is 11.6. The Bertz CT molecular complexity index is 513. The lowest BCUT2D eigenvalue weighted by Crippen LogP contribution is -2.40. The van der Waals surface area contributed by atoms with Gasteiger partial charge in [-0.2, -0.15) is 0 Å². The molecule has 2 rings (SSSR count). The summed E-state index contributed by atoms with van der Waals surface area (Å²) in [5, 5.41) is 12.1. The zero-order valence-corrected chi connectivity index (χ0v) is 13.9. The highest BCUT2D eigenvalue weighted by molar-refractivity contribution is 5.69. The van der Waals surface area contributed by atoms with E-state index in [2.05, 4.69) is 5.32 Å². The van der Waals surface area contributed by atoms with Gasteiger partial charge < -0.3 is 15.2 Å². The Kier molecular flexibility index (Phi) is 7.71. The van der Waals surface area contributed by atoms with Crippen LogP contribution in [-0.4, -0.2) is 54.7 Å². The number of rotatable bonds is 9. The van der Waals surface area contributed by atoms with E-state index in [9.17, 15) is 9.59 Å². The van der Waals surface area contributed by atoms with Gasteiger partial charge in [0.25, 0.3) is 0 Å². The molecule has 0 atom stereocenters. The zero-order chi connectivity index (χ0) is 17.2. The Morgan fingerprint density at radius 1 is 1.21 bits per heavy atom. The summed E-state index contributed by atoms with van der Waals surface area (Å²) in [5.41, 5.74) is 0.993. The molecule has 24 heavy (non-hydrogen) atoms. The zero-order valence-electron chi connectivity index (χ0n) is 13.9. The highest BCUT2D eigenvalue weighted by Crippen LogP contribution is 2.15. The van der Waals surface area contributed by atoms with E-state index in [1.165, 1.54) is 0 Å². The number of carbonyl (C=O) groups is 2. The van der Waals surface area contributed by atoms with Crippen molar-refractivity contribution in [3.8, 4) is 0 Å². The predicted molar refractivity (Wildman–Crippen MR) is 90.5 cm³/mol. The molecule has 0 saturated carbocycles. The van der Waals surface area contributed by atoms with Crippen molar-refractivity contribution in [1.29, 1.82) is 0 Å². The number of hydrogen-bond donors (Lipinski definition) is 2. The fraction of sp³-hybridized carbons (Fsp3) is 0.556. The molecule has 6 heteroatoms. The highest BCUT2D eigenvalue weighted by Gasteiger charge is 2.20. The molecule has 0 spiro atoms. The fourth-order valence-electron chi connectivity index (χ4n) is 2.85. The van der Waals surface area contributed by atoms with Crippen LogP contribution in [0.25, 0.3) is 0 Å². The summed E-state index contributed by atoms with van der Waals surface area (Å²) in [6, 6.07) is 9.64. The number of ether oxygens (including phenoxy) is 1. The van der Waals surface area contributed by atoms with Crippen LogP contribution in [0.2, 0.25) is 0 Å². The molecule has 0 bridgehead atoms. The number of nitrogens with zero attached hydrogens (tertiary/aromatic N) is 1. The van der Waals surface area contributed by atoms with Gasteiger partial charge in [0.2, 0.25) is 0 Å². The van der Waals surface area contributed by atoms with Crippen LogP contribution >= 0.6 is 0 Å². The minimum Gasteiger partial charge on any atom is -0.480 e. The molecule has 1 fully saturated rings. The van der Waals surface area contributed by atoms with Crippen molar-refractivity contribution in [2.75, 3.05) is 32.7 Å². The van der Waals surface area contributed by atoms with Gasteiger partial charge in [-0.25, -0.2) is 0 Å². The van der Waals surface area contributed by atoms with Crippen LogP contribution in [0.5, 0.6) is 0 Å². The van der Waals surface area contributed by atoms with Crippen molar-refractivity contribution in [2.24, 2.45) is 5.92 Å². The molecule has 1 aliphatic heterocycles. The van der Waals surface area contributed by atoms with Gasteiger partial charge >= 0.3 is 11.9 Å². The quantitative estimate of drug-likeness (QED) is 0.526. The lowest BCUT2D eigenvalue weighted by Gasteiger charge is -2.30. The molecule has 0 aromatic heterocycles. The summed E-state index contributed by atoms with van der Waals surface area (Å²) in [6.45, 7) is 3.60. The summed E-state index contributed by atoms with van der Waals surface area (Å²) >= 11 is 0. The standard InChI is InChI=1S/C18H26N2O4/c21-17(22)13-20-10-7-15(8-11-20)12-19-9-6-18(23)24-14-16-4-2-1-3-5-16/h1-5,15,19H,6-14H2,(H,21,22). The second kappa shape index (κ2) is 10.1. The predicted octanol–water partition coefficient (Wildman–Crippen LogP) is 1.51. The molecule has 1 aromatic rings. The number of aliphatic carboxylic acids is 1. The van der Waals surface area contributed by atoms with Crippen LogP contribution < -0.4 is 5.32 Å². The van der Waals surface area contributed by atoms with Crippen molar-refractivity contribution in [1.82, 2.24) is 10.2 Å². The maximum atomic E-state index is 11.7. The monoisotopic (exact) mass is 334 g/mol. The van der Waals surface area contributed by atoms with Gasteiger partial charge in [0.05, 0.1) is 13.0 Å². The molecule has 0 amide bonds. The Morgan fingerprint density at radius 3 is 2.58 bits per heavy atom. The van der Waals surface area contributed by atoms with E-state index in [4.69, 9.17) is 9.84 Å². The van der Waals surface area contributed by atoms with Gasteiger partial charge in [-0.05, 0) is 44.0 Å². The molecular formula is C18H26N2O4. The number of hydrogen-bond acceptors (Lipinski definition) is 5. The van der Waals surface area contributed by atoms with E-state index in [0.29, 0.717) is 25.5 Å². The van der Waals surface area contributed by atoms with E-state index in [1.807, 2.05) is 35.2 Å². The van der Waals surface area contributed by atoms with E-state index in [-0.39, 0.29) is 12.5 Å². The molecule has 1 aliphatic rings. The summed E-state index contributed by atoms with van der Waals surface area (Å²) in [7, 11) is 0. The van der Waals surface area contributed by atoms with Crippen LogP contribution in [-0.2, 0) is 20.9 Å². The molecule has 1 heterocycles. The Balaban J connectivity index is 1.50. The Labute approximate surface area is 142 Å². The van der Waals surface area contributed by atoms with Gasteiger partial charge in [-0.3, -0.25) is 14.5 Å². The van der Waals surface area contributed by atoms with Crippen LogP contribution in [0.3, 0.4) is 0 Å². The van der Waals surface area contributed by atoms with Crippen LogP contribution in [0.1, 0.15) is 24.8 Å². The van der Waals surface area contributed by atoms with Gasteiger partial charge in [0.1, 0.15) is 6.61 Å². The number of esters is 1.